The monoisotopic (exact) mass is 216 g/mol. The van der Waals surface area contributed by atoms with Crippen LogP contribution >= 0.6 is 0 Å². The van der Waals surface area contributed by atoms with Crippen molar-refractivity contribution in [1.82, 2.24) is 0 Å². The van der Waals surface area contributed by atoms with E-state index in [1.54, 1.807) is 13.2 Å². The van der Waals surface area contributed by atoms with Gasteiger partial charge in [-0.1, -0.05) is 23.3 Å². The molecule has 0 N–H and O–H groups in total. The minimum atomic E-state index is 0.251. The van der Waals surface area contributed by atoms with Crippen LogP contribution in [0.3, 0.4) is 0 Å². The van der Waals surface area contributed by atoms with Gasteiger partial charge in [-0.3, -0.25) is 4.79 Å². The molecule has 84 valence electrons. The van der Waals surface area contributed by atoms with Crippen molar-refractivity contribution in [3.63, 3.8) is 0 Å². The zero-order valence-electron chi connectivity index (χ0n) is 9.75. The standard InChI is InChI=1S/C14H16O2/c1-10-3-6-14(16-2)12(7-10)8-11-4-5-13(15)9-11/h3,6-7,9H,4-5,8H2,1-2H3. The molecule has 1 aliphatic rings. The SMILES string of the molecule is COc1ccc(C)cc1CC1=CC(=O)CC1. The van der Waals surface area contributed by atoms with Gasteiger partial charge in [0.1, 0.15) is 5.75 Å². The zero-order valence-corrected chi connectivity index (χ0v) is 9.75. The third kappa shape index (κ3) is 2.32. The Labute approximate surface area is 95.9 Å². The van der Waals surface area contributed by atoms with Crippen LogP contribution in [0.25, 0.3) is 0 Å². The fourth-order valence-electron chi connectivity index (χ4n) is 2.09. The second kappa shape index (κ2) is 4.52. The van der Waals surface area contributed by atoms with Gasteiger partial charge < -0.3 is 4.74 Å². The van der Waals surface area contributed by atoms with Gasteiger partial charge in [-0.2, -0.15) is 0 Å². The molecule has 0 spiro atoms. The Balaban J connectivity index is 2.23. The molecule has 0 heterocycles. The number of allylic oxidation sites excluding steroid dienone is 2. The topological polar surface area (TPSA) is 26.3 Å². The molecule has 1 aromatic rings. The first-order chi connectivity index (χ1) is 7.69. The summed E-state index contributed by atoms with van der Waals surface area (Å²) >= 11 is 0. The highest BCUT2D eigenvalue weighted by atomic mass is 16.5. The van der Waals surface area contributed by atoms with Crippen LogP contribution in [0.5, 0.6) is 5.75 Å². The van der Waals surface area contributed by atoms with Gasteiger partial charge in [0.05, 0.1) is 7.11 Å². The highest BCUT2D eigenvalue weighted by Crippen LogP contribution is 2.26. The van der Waals surface area contributed by atoms with Gasteiger partial charge in [-0.05, 0) is 37.5 Å². The highest BCUT2D eigenvalue weighted by molar-refractivity contribution is 5.93. The van der Waals surface area contributed by atoms with Gasteiger partial charge >= 0.3 is 0 Å². The Kier molecular flexibility index (Phi) is 3.09. The molecule has 2 rings (SSSR count). The number of methoxy groups -OCH3 is 1. The van der Waals surface area contributed by atoms with Crippen molar-refractivity contribution >= 4 is 5.78 Å². The summed E-state index contributed by atoms with van der Waals surface area (Å²) in [5.74, 6) is 1.16. The van der Waals surface area contributed by atoms with E-state index in [9.17, 15) is 4.79 Å². The summed E-state index contributed by atoms with van der Waals surface area (Å²) in [6, 6.07) is 6.15. The molecule has 16 heavy (non-hydrogen) atoms. The maximum absolute atomic E-state index is 11.2. The van der Waals surface area contributed by atoms with Crippen LogP contribution in [0.15, 0.2) is 29.8 Å². The molecule has 0 saturated heterocycles. The molecule has 0 saturated carbocycles. The van der Waals surface area contributed by atoms with Crippen LogP contribution < -0.4 is 4.74 Å². The molecule has 2 nitrogen and oxygen atoms in total. The number of rotatable bonds is 3. The fraction of sp³-hybridized carbons (Fsp3) is 0.357. The number of ether oxygens (including phenoxy) is 1. The molecular formula is C14H16O2. The van der Waals surface area contributed by atoms with Gasteiger partial charge in [0, 0.05) is 6.42 Å². The molecule has 2 heteroatoms. The third-order valence-corrected chi connectivity index (χ3v) is 2.91. The number of aryl methyl sites for hydroxylation is 1. The van der Waals surface area contributed by atoms with E-state index in [-0.39, 0.29) is 5.78 Å². The third-order valence-electron chi connectivity index (χ3n) is 2.91. The molecule has 0 fully saturated rings. The van der Waals surface area contributed by atoms with Crippen LogP contribution in [-0.2, 0) is 11.2 Å². The summed E-state index contributed by atoms with van der Waals surface area (Å²) in [6.07, 6.45) is 4.18. The smallest absolute Gasteiger partial charge is 0.155 e. The average Bonchev–Trinajstić information content (AvgIpc) is 2.64. The maximum atomic E-state index is 11.2. The summed E-state index contributed by atoms with van der Waals surface area (Å²) < 4.78 is 5.33. The van der Waals surface area contributed by atoms with Crippen LogP contribution in [0.1, 0.15) is 24.0 Å². The van der Waals surface area contributed by atoms with Crippen molar-refractivity contribution in [2.45, 2.75) is 26.2 Å². The molecule has 0 bridgehead atoms. The lowest BCUT2D eigenvalue weighted by Crippen LogP contribution is -1.94. The van der Waals surface area contributed by atoms with Gasteiger partial charge in [0.2, 0.25) is 0 Å². The molecule has 0 aliphatic heterocycles. The van der Waals surface area contributed by atoms with Crippen LogP contribution in [0.2, 0.25) is 0 Å². The van der Waals surface area contributed by atoms with E-state index < -0.39 is 0 Å². The predicted octanol–water partition coefficient (Wildman–Crippen LogP) is 2.84. The lowest BCUT2D eigenvalue weighted by atomic mass is 10.0. The summed E-state index contributed by atoms with van der Waals surface area (Å²) in [5, 5.41) is 0. The summed E-state index contributed by atoms with van der Waals surface area (Å²) in [5.41, 5.74) is 3.61. The number of carbonyl (C=O) groups excluding carboxylic acids is 1. The molecule has 0 atom stereocenters. The highest BCUT2D eigenvalue weighted by Gasteiger charge is 2.14. The first kappa shape index (κ1) is 10.9. The normalized spacial score (nSPS) is 15.1. The van der Waals surface area contributed by atoms with Crippen molar-refractivity contribution < 1.29 is 9.53 Å². The number of ketones is 1. The quantitative estimate of drug-likeness (QED) is 0.776. The van der Waals surface area contributed by atoms with Crippen molar-refractivity contribution in [2.24, 2.45) is 0 Å². The Morgan fingerprint density at radius 1 is 1.31 bits per heavy atom. The number of hydrogen-bond acceptors (Lipinski definition) is 2. The van der Waals surface area contributed by atoms with Crippen molar-refractivity contribution in [2.75, 3.05) is 7.11 Å². The van der Waals surface area contributed by atoms with E-state index in [2.05, 4.69) is 13.0 Å². The minimum absolute atomic E-state index is 0.251. The number of benzene rings is 1. The summed E-state index contributed by atoms with van der Waals surface area (Å²) in [7, 11) is 1.68. The van der Waals surface area contributed by atoms with Crippen molar-refractivity contribution in [3.8, 4) is 5.75 Å². The van der Waals surface area contributed by atoms with Crippen molar-refractivity contribution in [3.05, 3.63) is 41.0 Å². The Morgan fingerprint density at radius 3 is 2.75 bits per heavy atom. The van der Waals surface area contributed by atoms with Crippen molar-refractivity contribution in [1.29, 1.82) is 0 Å². The molecule has 1 aliphatic carbocycles. The summed E-state index contributed by atoms with van der Waals surface area (Å²) in [6.45, 7) is 2.07. The lowest BCUT2D eigenvalue weighted by molar-refractivity contribution is -0.114. The van der Waals surface area contributed by atoms with Gasteiger partial charge in [0.25, 0.3) is 0 Å². The molecular weight excluding hydrogens is 200 g/mol. The Bertz CT molecular complexity index is 444. The molecule has 1 aromatic carbocycles. The second-order valence-electron chi connectivity index (χ2n) is 4.26. The first-order valence-corrected chi connectivity index (χ1v) is 5.55. The minimum Gasteiger partial charge on any atom is -0.496 e. The zero-order chi connectivity index (χ0) is 11.5. The van der Waals surface area contributed by atoms with E-state index in [1.807, 2.05) is 12.1 Å². The van der Waals surface area contributed by atoms with Gasteiger partial charge in [-0.25, -0.2) is 0 Å². The maximum Gasteiger partial charge on any atom is 0.155 e. The fourth-order valence-corrected chi connectivity index (χ4v) is 2.09. The van der Waals surface area contributed by atoms with Crippen LogP contribution in [-0.4, -0.2) is 12.9 Å². The van der Waals surface area contributed by atoms with E-state index in [4.69, 9.17) is 4.74 Å². The number of hydrogen-bond donors (Lipinski definition) is 0. The van der Waals surface area contributed by atoms with Gasteiger partial charge in [0.15, 0.2) is 5.78 Å². The number of carbonyl (C=O) groups is 1. The molecule has 0 radical (unpaired) electrons. The van der Waals surface area contributed by atoms with E-state index >= 15 is 0 Å². The second-order valence-corrected chi connectivity index (χ2v) is 4.26. The first-order valence-electron chi connectivity index (χ1n) is 5.55. The predicted molar refractivity (Wildman–Crippen MR) is 63.8 cm³/mol. The van der Waals surface area contributed by atoms with E-state index in [0.717, 1.165) is 18.6 Å². The average molecular weight is 216 g/mol. The summed E-state index contributed by atoms with van der Waals surface area (Å²) in [4.78, 5) is 11.2. The van der Waals surface area contributed by atoms with Gasteiger partial charge in [-0.15, -0.1) is 0 Å². The van der Waals surface area contributed by atoms with Crippen LogP contribution in [0.4, 0.5) is 0 Å². The Hall–Kier alpha value is -1.57. The molecule has 0 amide bonds. The molecule has 0 aromatic heterocycles. The largest absolute Gasteiger partial charge is 0.496 e. The van der Waals surface area contributed by atoms with E-state index in [0.29, 0.717) is 6.42 Å². The van der Waals surface area contributed by atoms with E-state index in [1.165, 1.54) is 16.7 Å². The lowest BCUT2D eigenvalue weighted by Gasteiger charge is -2.09. The van der Waals surface area contributed by atoms with Crippen LogP contribution in [0, 0.1) is 6.92 Å². The molecule has 0 unspecified atom stereocenters. The Morgan fingerprint density at radius 2 is 2.12 bits per heavy atom.